The first-order valence-corrected chi connectivity index (χ1v) is 10.4. The van der Waals surface area contributed by atoms with E-state index in [2.05, 4.69) is 54.9 Å². The molecule has 6 nitrogen and oxygen atoms in total. The Morgan fingerprint density at radius 2 is 2.04 bits per heavy atom. The normalized spacial score (nSPS) is 17.8. The molecule has 3 heterocycles. The molecule has 138 valence electrons. The molecule has 0 unspecified atom stereocenters. The van der Waals surface area contributed by atoms with Crippen molar-refractivity contribution in [2.45, 2.75) is 19.9 Å². The largest absolute Gasteiger partial charge is 0.492 e. The van der Waals surface area contributed by atoms with Gasteiger partial charge in [-0.25, -0.2) is 4.98 Å². The van der Waals surface area contributed by atoms with E-state index in [9.17, 15) is 5.11 Å². The third-order valence-corrected chi connectivity index (χ3v) is 6.50. The summed E-state index contributed by atoms with van der Waals surface area (Å²) in [6.45, 7) is 9.15. The maximum Gasteiger partial charge on any atom is 0.230 e. The number of thiazole rings is 1. The number of piperazine rings is 1. The number of hydrogen-bond acceptors (Lipinski definition) is 6. The lowest BCUT2D eigenvalue weighted by Gasteiger charge is -2.38. The van der Waals surface area contributed by atoms with Crippen molar-refractivity contribution in [2.75, 3.05) is 32.7 Å². The van der Waals surface area contributed by atoms with Gasteiger partial charge in [-0.3, -0.25) is 4.90 Å². The molecule has 1 aliphatic heterocycles. The van der Waals surface area contributed by atoms with Crippen LogP contribution in [-0.2, 0) is 0 Å². The van der Waals surface area contributed by atoms with Gasteiger partial charge in [0.1, 0.15) is 5.82 Å². The Kier molecular flexibility index (Phi) is 5.00. The van der Waals surface area contributed by atoms with Gasteiger partial charge in [-0.15, -0.1) is 5.10 Å². The van der Waals surface area contributed by atoms with Crippen molar-refractivity contribution in [3.8, 4) is 5.88 Å². The summed E-state index contributed by atoms with van der Waals surface area (Å²) in [7, 11) is 0. The van der Waals surface area contributed by atoms with Crippen LogP contribution in [0.5, 0.6) is 5.88 Å². The quantitative estimate of drug-likeness (QED) is 0.680. The summed E-state index contributed by atoms with van der Waals surface area (Å²) in [5, 5.41) is 15.2. The van der Waals surface area contributed by atoms with Crippen LogP contribution in [0.3, 0.4) is 0 Å². The first-order chi connectivity index (χ1) is 12.6. The Balaban J connectivity index is 1.77. The standard InChI is InChI=1S/C18H22BrN5OS/c1-3-22-7-9-23(10-8-22)15(13-5-4-6-14(19)11-13)16-17(25)24-18(26-16)20-12(2)21-24/h4-6,11,15,25H,3,7-10H2,1-2H3/t15-/m1/s1. The highest BCUT2D eigenvalue weighted by atomic mass is 79.9. The number of likely N-dealkylation sites (N-methyl/N-ethyl adjacent to an activating group) is 1. The third-order valence-electron chi connectivity index (χ3n) is 4.94. The van der Waals surface area contributed by atoms with Gasteiger partial charge in [0.2, 0.25) is 10.8 Å². The monoisotopic (exact) mass is 435 g/mol. The predicted octanol–water partition coefficient (Wildman–Crippen LogP) is 3.29. The van der Waals surface area contributed by atoms with Gasteiger partial charge in [-0.2, -0.15) is 4.52 Å². The van der Waals surface area contributed by atoms with E-state index in [-0.39, 0.29) is 11.9 Å². The van der Waals surface area contributed by atoms with Crippen LogP contribution >= 0.6 is 27.3 Å². The minimum Gasteiger partial charge on any atom is -0.492 e. The van der Waals surface area contributed by atoms with E-state index in [4.69, 9.17) is 0 Å². The van der Waals surface area contributed by atoms with Gasteiger partial charge >= 0.3 is 0 Å². The van der Waals surface area contributed by atoms with Crippen molar-refractivity contribution in [1.29, 1.82) is 0 Å². The maximum absolute atomic E-state index is 10.9. The molecule has 1 fully saturated rings. The topological polar surface area (TPSA) is 56.9 Å². The van der Waals surface area contributed by atoms with E-state index in [0.717, 1.165) is 47.0 Å². The minimum absolute atomic E-state index is 0.000289. The van der Waals surface area contributed by atoms with E-state index in [1.54, 1.807) is 4.52 Å². The Bertz CT molecular complexity index is 916. The number of aryl methyl sites for hydroxylation is 1. The summed E-state index contributed by atoms with van der Waals surface area (Å²) in [5.41, 5.74) is 1.17. The highest BCUT2D eigenvalue weighted by molar-refractivity contribution is 9.10. The number of benzene rings is 1. The first kappa shape index (κ1) is 17.9. The number of halogens is 1. The molecule has 1 saturated heterocycles. The van der Waals surface area contributed by atoms with Crippen LogP contribution in [0.25, 0.3) is 4.96 Å². The lowest BCUT2D eigenvalue weighted by atomic mass is 10.0. The number of hydrogen-bond donors (Lipinski definition) is 1. The van der Waals surface area contributed by atoms with Gasteiger partial charge in [-0.1, -0.05) is 46.3 Å². The van der Waals surface area contributed by atoms with E-state index in [0.29, 0.717) is 5.82 Å². The molecule has 1 N–H and O–H groups in total. The Hall–Kier alpha value is -1.48. The molecule has 26 heavy (non-hydrogen) atoms. The van der Waals surface area contributed by atoms with Crippen molar-refractivity contribution < 1.29 is 5.11 Å². The fourth-order valence-electron chi connectivity index (χ4n) is 3.57. The smallest absolute Gasteiger partial charge is 0.230 e. The fraction of sp³-hybridized carbons (Fsp3) is 0.444. The average Bonchev–Trinajstić information content (AvgIpc) is 3.14. The minimum atomic E-state index is 0.000289. The number of aromatic nitrogens is 3. The molecule has 1 aliphatic rings. The van der Waals surface area contributed by atoms with Crippen LogP contribution < -0.4 is 0 Å². The van der Waals surface area contributed by atoms with E-state index >= 15 is 0 Å². The molecule has 0 amide bonds. The van der Waals surface area contributed by atoms with Crippen LogP contribution in [0, 0.1) is 6.92 Å². The molecular formula is C18H22BrN5OS. The highest BCUT2D eigenvalue weighted by Gasteiger charge is 2.31. The zero-order valence-electron chi connectivity index (χ0n) is 14.9. The van der Waals surface area contributed by atoms with E-state index in [1.165, 1.54) is 16.9 Å². The zero-order chi connectivity index (χ0) is 18.3. The molecule has 0 spiro atoms. The molecule has 8 heteroatoms. The molecule has 0 bridgehead atoms. The molecule has 3 aromatic rings. The Morgan fingerprint density at radius 3 is 2.69 bits per heavy atom. The molecule has 0 radical (unpaired) electrons. The van der Waals surface area contributed by atoms with Crippen LogP contribution in [0.4, 0.5) is 0 Å². The lowest BCUT2D eigenvalue weighted by Crippen LogP contribution is -2.47. The summed E-state index contributed by atoms with van der Waals surface area (Å²) in [6.07, 6.45) is 0. The summed E-state index contributed by atoms with van der Waals surface area (Å²) in [4.78, 5) is 11.0. The van der Waals surface area contributed by atoms with Crippen molar-refractivity contribution in [1.82, 2.24) is 24.4 Å². The second-order valence-electron chi connectivity index (χ2n) is 6.57. The molecule has 0 aliphatic carbocycles. The van der Waals surface area contributed by atoms with Crippen molar-refractivity contribution >= 4 is 32.2 Å². The summed E-state index contributed by atoms with van der Waals surface area (Å²) < 4.78 is 2.60. The molecule has 2 aromatic heterocycles. The van der Waals surface area contributed by atoms with Gasteiger partial charge in [0.25, 0.3) is 0 Å². The van der Waals surface area contributed by atoms with Gasteiger partial charge in [-0.05, 0) is 31.2 Å². The number of nitrogens with zero attached hydrogens (tertiary/aromatic N) is 5. The number of aromatic hydroxyl groups is 1. The van der Waals surface area contributed by atoms with Crippen molar-refractivity contribution in [3.05, 3.63) is 45.0 Å². The van der Waals surface area contributed by atoms with Crippen molar-refractivity contribution in [3.63, 3.8) is 0 Å². The Morgan fingerprint density at radius 1 is 1.27 bits per heavy atom. The van der Waals surface area contributed by atoms with Gasteiger partial charge in [0.15, 0.2) is 0 Å². The predicted molar refractivity (Wildman–Crippen MR) is 107 cm³/mol. The van der Waals surface area contributed by atoms with Gasteiger partial charge in [0.05, 0.1) is 10.9 Å². The molecule has 1 atom stereocenters. The van der Waals surface area contributed by atoms with Crippen molar-refractivity contribution in [2.24, 2.45) is 0 Å². The Labute approximate surface area is 165 Å². The molecule has 1 aromatic carbocycles. The van der Waals surface area contributed by atoms with Crippen LogP contribution in [0.2, 0.25) is 0 Å². The fourth-order valence-corrected chi connectivity index (χ4v) is 5.15. The number of rotatable bonds is 4. The summed E-state index contributed by atoms with van der Waals surface area (Å²) >= 11 is 5.11. The lowest BCUT2D eigenvalue weighted by molar-refractivity contribution is 0.113. The summed E-state index contributed by atoms with van der Waals surface area (Å²) in [5.74, 6) is 0.877. The van der Waals surface area contributed by atoms with Crippen LogP contribution in [0.1, 0.15) is 29.2 Å². The SMILES string of the molecule is CCN1CCN([C@H](c2cccc(Br)c2)c2sc3nc(C)nn3c2O)CC1. The van der Waals surface area contributed by atoms with E-state index in [1.807, 2.05) is 19.1 Å². The van der Waals surface area contributed by atoms with Crippen LogP contribution in [-0.4, -0.2) is 62.2 Å². The zero-order valence-corrected chi connectivity index (χ0v) is 17.3. The maximum atomic E-state index is 10.9. The second-order valence-corrected chi connectivity index (χ2v) is 8.50. The van der Waals surface area contributed by atoms with E-state index < -0.39 is 0 Å². The third kappa shape index (κ3) is 3.26. The van der Waals surface area contributed by atoms with Gasteiger partial charge < -0.3 is 10.0 Å². The molecule has 4 rings (SSSR count). The van der Waals surface area contributed by atoms with Crippen LogP contribution in [0.15, 0.2) is 28.7 Å². The highest BCUT2D eigenvalue weighted by Crippen LogP contribution is 2.40. The van der Waals surface area contributed by atoms with Gasteiger partial charge in [0, 0.05) is 30.7 Å². The molecule has 0 saturated carbocycles. The average molecular weight is 436 g/mol. The number of fused-ring (bicyclic) bond motifs is 1. The first-order valence-electron chi connectivity index (χ1n) is 8.83. The molecular weight excluding hydrogens is 414 g/mol. The second kappa shape index (κ2) is 7.26. The summed E-state index contributed by atoms with van der Waals surface area (Å²) in [6, 6.07) is 8.34.